The van der Waals surface area contributed by atoms with Crippen LogP contribution in [0.4, 0.5) is 5.69 Å². The fourth-order valence-electron chi connectivity index (χ4n) is 2.97. The molecule has 1 aromatic carbocycles. The van der Waals surface area contributed by atoms with Crippen molar-refractivity contribution in [1.29, 1.82) is 0 Å². The van der Waals surface area contributed by atoms with Gasteiger partial charge in [0.25, 0.3) is 5.69 Å². The van der Waals surface area contributed by atoms with Crippen LogP contribution in [0, 0.1) is 16.0 Å². The highest BCUT2D eigenvalue weighted by atomic mass is 32.2. The molecule has 0 aliphatic rings. The molecule has 35 heavy (non-hydrogen) atoms. The standard InChI is InChI=1S/C21H33N5O8S/c1-13(2)18(25-19(27)14(3)22-4)20(28)24-17(21(29)30)7-5-6-12-23-35(33,34)16-10-8-15(9-11-16)26(31)32/h8-11,13-14,17-18,22-23H,5-7,12H2,1-4H3,(H,24,28)(H,25,27)(H,29,30). The van der Waals surface area contributed by atoms with Gasteiger partial charge in [0.2, 0.25) is 21.8 Å². The van der Waals surface area contributed by atoms with Crippen molar-refractivity contribution < 1.29 is 32.8 Å². The number of sulfonamides is 1. The summed E-state index contributed by atoms with van der Waals surface area (Å²) in [6.45, 7) is 5.08. The molecule has 0 aliphatic carbocycles. The summed E-state index contributed by atoms with van der Waals surface area (Å²) in [7, 11) is -2.29. The van der Waals surface area contributed by atoms with Crippen molar-refractivity contribution in [2.75, 3.05) is 13.6 Å². The number of aliphatic carboxylic acids is 1. The first-order valence-electron chi connectivity index (χ1n) is 11.0. The fourth-order valence-corrected chi connectivity index (χ4v) is 4.05. The van der Waals surface area contributed by atoms with Gasteiger partial charge in [0.1, 0.15) is 12.1 Å². The highest BCUT2D eigenvalue weighted by Gasteiger charge is 2.29. The van der Waals surface area contributed by atoms with E-state index in [0.29, 0.717) is 0 Å². The molecule has 0 heterocycles. The van der Waals surface area contributed by atoms with Crippen LogP contribution >= 0.6 is 0 Å². The van der Waals surface area contributed by atoms with Gasteiger partial charge in [-0.2, -0.15) is 0 Å². The van der Waals surface area contributed by atoms with Crippen LogP contribution in [0.3, 0.4) is 0 Å². The second-order valence-electron chi connectivity index (χ2n) is 8.28. The van der Waals surface area contributed by atoms with Crippen molar-refractivity contribution in [2.24, 2.45) is 5.92 Å². The first-order chi connectivity index (χ1) is 16.3. The number of hydrogen-bond donors (Lipinski definition) is 5. The minimum atomic E-state index is -3.88. The van der Waals surface area contributed by atoms with Crippen LogP contribution in [-0.4, -0.2) is 67.9 Å². The van der Waals surface area contributed by atoms with E-state index in [1.807, 2.05) is 0 Å². The topological polar surface area (TPSA) is 197 Å². The highest BCUT2D eigenvalue weighted by Crippen LogP contribution is 2.15. The highest BCUT2D eigenvalue weighted by molar-refractivity contribution is 7.89. The Morgan fingerprint density at radius 3 is 2.11 bits per heavy atom. The van der Waals surface area contributed by atoms with E-state index >= 15 is 0 Å². The Kier molecular flexibility index (Phi) is 11.7. The Bertz CT molecular complexity index is 997. The summed E-state index contributed by atoms with van der Waals surface area (Å²) in [6, 6.07) is 1.74. The smallest absolute Gasteiger partial charge is 0.326 e. The SMILES string of the molecule is CNC(C)C(=O)NC(C(=O)NC(CCCCNS(=O)(=O)c1ccc([N+](=O)[O-])cc1)C(=O)O)C(C)C. The van der Waals surface area contributed by atoms with Gasteiger partial charge in [-0.1, -0.05) is 13.8 Å². The molecule has 0 saturated heterocycles. The minimum absolute atomic E-state index is 0.00614. The molecular weight excluding hydrogens is 482 g/mol. The number of carboxylic acid groups (broad SMARTS) is 1. The molecule has 0 aromatic heterocycles. The van der Waals surface area contributed by atoms with Crippen LogP contribution in [0.15, 0.2) is 29.2 Å². The third-order valence-corrected chi connectivity index (χ3v) is 6.73. The van der Waals surface area contributed by atoms with Crippen LogP contribution in [0.2, 0.25) is 0 Å². The quantitative estimate of drug-likeness (QED) is 0.124. The van der Waals surface area contributed by atoms with Gasteiger partial charge in [-0.25, -0.2) is 17.9 Å². The number of nitro benzene ring substituents is 1. The molecular formula is C21H33N5O8S. The van der Waals surface area contributed by atoms with Crippen molar-refractivity contribution in [3.05, 3.63) is 34.4 Å². The number of carbonyl (C=O) groups is 3. The number of unbranched alkanes of at least 4 members (excludes halogenated alkanes) is 1. The Hall–Kier alpha value is -3.10. The van der Waals surface area contributed by atoms with E-state index in [0.717, 1.165) is 24.3 Å². The number of non-ortho nitro benzene ring substituents is 1. The number of nitrogens with one attached hydrogen (secondary N) is 4. The lowest BCUT2D eigenvalue weighted by Crippen LogP contribution is -2.56. The third kappa shape index (κ3) is 9.58. The lowest BCUT2D eigenvalue weighted by molar-refractivity contribution is -0.384. The number of likely N-dealkylation sites (N-methyl/N-ethyl adjacent to an activating group) is 1. The lowest BCUT2D eigenvalue weighted by atomic mass is 10.0. The molecule has 0 saturated carbocycles. The van der Waals surface area contributed by atoms with Gasteiger partial charge in [0.15, 0.2) is 0 Å². The molecule has 14 heteroatoms. The van der Waals surface area contributed by atoms with Crippen molar-refractivity contribution in [2.45, 2.75) is 63.1 Å². The zero-order chi connectivity index (χ0) is 26.8. The zero-order valence-corrected chi connectivity index (χ0v) is 20.9. The molecule has 1 rings (SSSR count). The zero-order valence-electron chi connectivity index (χ0n) is 20.1. The molecule has 0 spiro atoms. The Labute approximate surface area is 204 Å². The van der Waals surface area contributed by atoms with Crippen molar-refractivity contribution in [3.8, 4) is 0 Å². The summed E-state index contributed by atoms with van der Waals surface area (Å²) >= 11 is 0. The van der Waals surface area contributed by atoms with E-state index in [4.69, 9.17) is 0 Å². The largest absolute Gasteiger partial charge is 0.480 e. The maximum atomic E-state index is 12.6. The average Bonchev–Trinajstić information content (AvgIpc) is 2.80. The molecule has 0 fully saturated rings. The van der Waals surface area contributed by atoms with Crippen molar-refractivity contribution >= 4 is 33.5 Å². The van der Waals surface area contributed by atoms with E-state index in [2.05, 4.69) is 20.7 Å². The summed E-state index contributed by atoms with van der Waals surface area (Å²) in [5, 5.41) is 28.0. The van der Waals surface area contributed by atoms with E-state index in [1.54, 1.807) is 27.8 Å². The Morgan fingerprint density at radius 1 is 1.03 bits per heavy atom. The number of hydrogen-bond acceptors (Lipinski definition) is 8. The van der Waals surface area contributed by atoms with E-state index in [9.17, 15) is 38.0 Å². The van der Waals surface area contributed by atoms with Crippen LogP contribution < -0.4 is 20.7 Å². The predicted octanol–water partition coefficient (Wildman–Crippen LogP) is 0.362. The van der Waals surface area contributed by atoms with Crippen LogP contribution in [-0.2, 0) is 24.4 Å². The van der Waals surface area contributed by atoms with Gasteiger partial charge >= 0.3 is 5.97 Å². The van der Waals surface area contributed by atoms with Crippen molar-refractivity contribution in [1.82, 2.24) is 20.7 Å². The van der Waals surface area contributed by atoms with Gasteiger partial charge in [0.05, 0.1) is 15.9 Å². The van der Waals surface area contributed by atoms with Gasteiger partial charge in [0, 0.05) is 18.7 Å². The molecule has 13 nitrogen and oxygen atoms in total. The summed E-state index contributed by atoms with van der Waals surface area (Å²) in [4.78, 5) is 46.3. The monoisotopic (exact) mass is 515 g/mol. The van der Waals surface area contributed by atoms with E-state index in [1.165, 1.54) is 0 Å². The van der Waals surface area contributed by atoms with Crippen LogP contribution in [0.1, 0.15) is 40.0 Å². The summed E-state index contributed by atoms with van der Waals surface area (Å²) < 4.78 is 26.9. The van der Waals surface area contributed by atoms with Crippen molar-refractivity contribution in [3.63, 3.8) is 0 Å². The maximum Gasteiger partial charge on any atom is 0.326 e. The second-order valence-corrected chi connectivity index (χ2v) is 10.1. The molecule has 5 N–H and O–H groups in total. The summed E-state index contributed by atoms with van der Waals surface area (Å²) in [6.07, 6.45) is 0.622. The Morgan fingerprint density at radius 2 is 1.63 bits per heavy atom. The average molecular weight is 516 g/mol. The molecule has 0 bridgehead atoms. The first-order valence-corrected chi connectivity index (χ1v) is 12.5. The molecule has 0 aliphatic heterocycles. The number of nitro groups is 1. The number of carboxylic acids is 1. The molecule has 1 aromatic rings. The van der Waals surface area contributed by atoms with Gasteiger partial charge in [-0.15, -0.1) is 0 Å². The van der Waals surface area contributed by atoms with Crippen LogP contribution in [0.25, 0.3) is 0 Å². The number of rotatable bonds is 15. The molecule has 2 amide bonds. The van der Waals surface area contributed by atoms with E-state index < -0.39 is 50.9 Å². The van der Waals surface area contributed by atoms with E-state index in [-0.39, 0.29) is 42.3 Å². The van der Waals surface area contributed by atoms with Gasteiger partial charge in [-0.05, 0) is 51.3 Å². The van der Waals surface area contributed by atoms with Crippen LogP contribution in [0.5, 0.6) is 0 Å². The van der Waals surface area contributed by atoms with Gasteiger partial charge < -0.3 is 21.1 Å². The molecule has 0 radical (unpaired) electrons. The second kappa shape index (κ2) is 13.7. The number of benzene rings is 1. The van der Waals surface area contributed by atoms with Gasteiger partial charge in [-0.3, -0.25) is 19.7 Å². The maximum absolute atomic E-state index is 12.6. The minimum Gasteiger partial charge on any atom is -0.480 e. The molecule has 3 atom stereocenters. The predicted molar refractivity (Wildman–Crippen MR) is 127 cm³/mol. The normalized spacial score (nSPS) is 14.1. The first kappa shape index (κ1) is 29.9. The fraction of sp³-hybridized carbons (Fsp3) is 0.571. The number of amides is 2. The Balaban J connectivity index is 2.61. The molecule has 3 unspecified atom stereocenters. The number of carbonyl (C=O) groups excluding carboxylic acids is 2. The summed E-state index contributed by atoms with van der Waals surface area (Å²) in [5.74, 6) is -2.55. The molecule has 196 valence electrons. The lowest BCUT2D eigenvalue weighted by Gasteiger charge is -2.25. The number of nitrogens with zero attached hydrogens (tertiary/aromatic N) is 1. The summed E-state index contributed by atoms with van der Waals surface area (Å²) in [5.41, 5.74) is -0.235. The third-order valence-electron chi connectivity index (χ3n) is 5.26.